The fraction of sp³-hybridized carbons (Fsp3) is 0.462. The van der Waals surface area contributed by atoms with Crippen molar-refractivity contribution in [2.45, 2.75) is 12.2 Å². The van der Waals surface area contributed by atoms with Gasteiger partial charge in [0.25, 0.3) is 0 Å². The highest BCUT2D eigenvalue weighted by Gasteiger charge is 2.35. The number of carbonyl (C=O) groups is 1. The highest BCUT2D eigenvalue weighted by Crippen LogP contribution is 2.36. The Morgan fingerprint density at radius 3 is 2.39 bits per heavy atom. The Balaban J connectivity index is 3.00. The Labute approximate surface area is 145 Å². The van der Waals surface area contributed by atoms with Crippen LogP contribution in [0.1, 0.15) is 12.0 Å². The number of primary amides is 1. The second-order valence-corrected chi connectivity index (χ2v) is 7.41. The van der Waals surface area contributed by atoms with E-state index in [9.17, 15) is 13.2 Å². The van der Waals surface area contributed by atoms with Crippen molar-refractivity contribution in [2.24, 2.45) is 5.73 Å². The molecule has 0 fully saturated rings. The van der Waals surface area contributed by atoms with Gasteiger partial charge in [0.2, 0.25) is 15.9 Å². The molecule has 10 heteroatoms. The smallest absolute Gasteiger partial charge is 0.232 e. The van der Waals surface area contributed by atoms with Gasteiger partial charge >= 0.3 is 0 Å². The Kier molecular flexibility index (Phi) is 7.25. The summed E-state index contributed by atoms with van der Waals surface area (Å²) in [4.78, 5) is 10.7. The summed E-state index contributed by atoms with van der Waals surface area (Å²) < 4.78 is 36.6. The zero-order valence-corrected chi connectivity index (χ0v) is 15.0. The van der Waals surface area contributed by atoms with Crippen LogP contribution < -0.4 is 10.5 Å². The second-order valence-electron chi connectivity index (χ2n) is 4.64. The summed E-state index contributed by atoms with van der Waals surface area (Å²) in [5.74, 6) is -2.51. The van der Waals surface area contributed by atoms with Crippen LogP contribution in [0.2, 0.25) is 10.0 Å². The van der Waals surface area contributed by atoms with E-state index in [1.165, 1.54) is 20.3 Å². The Bertz CT molecular complexity index is 662. The molecule has 1 amide bonds. The van der Waals surface area contributed by atoms with Crippen LogP contribution in [0.4, 0.5) is 0 Å². The molecule has 1 aromatic rings. The van der Waals surface area contributed by atoms with Crippen molar-refractivity contribution in [2.75, 3.05) is 26.5 Å². The van der Waals surface area contributed by atoms with Crippen molar-refractivity contribution in [3.05, 3.63) is 33.8 Å². The number of halogens is 2. The first-order chi connectivity index (χ1) is 10.7. The molecule has 3 N–H and O–H groups in total. The van der Waals surface area contributed by atoms with Crippen LogP contribution in [0, 0.1) is 0 Å². The molecular formula is C13H18Cl2N2O5S. The van der Waals surface area contributed by atoms with Crippen LogP contribution in [-0.2, 0) is 30.1 Å². The van der Waals surface area contributed by atoms with E-state index in [1.54, 1.807) is 12.1 Å². The van der Waals surface area contributed by atoms with Crippen LogP contribution in [0.15, 0.2) is 18.2 Å². The quantitative estimate of drug-likeness (QED) is 0.622. The fourth-order valence-electron chi connectivity index (χ4n) is 1.96. The standard InChI is InChI=1S/C13H18Cl2N2O5S/c1-21-13(22-2,10-4-3-9(14)7-11(10)15)5-6-23(19,20)17-8-12(16)18/h3-4,7,17H,5-6,8H2,1-2H3,(H2,16,18). The van der Waals surface area contributed by atoms with Crippen molar-refractivity contribution in [1.29, 1.82) is 0 Å². The van der Waals surface area contributed by atoms with Gasteiger partial charge in [-0.1, -0.05) is 29.3 Å². The summed E-state index contributed by atoms with van der Waals surface area (Å²) in [6.07, 6.45) is -0.0601. The summed E-state index contributed by atoms with van der Waals surface area (Å²) in [5, 5.41) is 0.708. The lowest BCUT2D eigenvalue weighted by molar-refractivity contribution is -0.216. The van der Waals surface area contributed by atoms with E-state index in [2.05, 4.69) is 4.72 Å². The number of benzene rings is 1. The van der Waals surface area contributed by atoms with Crippen molar-refractivity contribution in [3.63, 3.8) is 0 Å². The minimum Gasteiger partial charge on any atom is -0.369 e. The van der Waals surface area contributed by atoms with Crippen LogP contribution in [0.5, 0.6) is 0 Å². The minimum absolute atomic E-state index is 0.0601. The fourth-order valence-corrected chi connectivity index (χ4v) is 3.56. The minimum atomic E-state index is -3.74. The van der Waals surface area contributed by atoms with E-state index in [0.717, 1.165) is 0 Å². The monoisotopic (exact) mass is 384 g/mol. The molecule has 0 unspecified atom stereocenters. The normalized spacial score (nSPS) is 12.3. The number of amides is 1. The second kappa shape index (κ2) is 8.27. The molecule has 130 valence electrons. The Hall–Kier alpha value is -0.900. The lowest BCUT2D eigenvalue weighted by atomic mass is 10.0. The first-order valence-electron chi connectivity index (χ1n) is 6.47. The maximum Gasteiger partial charge on any atom is 0.232 e. The van der Waals surface area contributed by atoms with Crippen molar-refractivity contribution in [3.8, 4) is 0 Å². The van der Waals surface area contributed by atoms with E-state index >= 15 is 0 Å². The van der Waals surface area contributed by atoms with Gasteiger partial charge in [-0.25, -0.2) is 13.1 Å². The first kappa shape index (κ1) is 20.1. The number of nitrogens with two attached hydrogens (primary N) is 1. The van der Waals surface area contributed by atoms with Crippen molar-refractivity contribution < 1.29 is 22.7 Å². The van der Waals surface area contributed by atoms with Gasteiger partial charge in [-0.2, -0.15) is 0 Å². The summed E-state index contributed by atoms with van der Waals surface area (Å²) in [7, 11) is -0.993. The molecule has 0 heterocycles. The maximum atomic E-state index is 11.9. The third kappa shape index (κ3) is 5.59. The van der Waals surface area contributed by atoms with E-state index in [1.807, 2.05) is 0 Å². The van der Waals surface area contributed by atoms with Crippen LogP contribution in [-0.4, -0.2) is 40.8 Å². The average Bonchev–Trinajstić information content (AvgIpc) is 2.48. The zero-order chi connectivity index (χ0) is 17.7. The molecule has 1 aromatic carbocycles. The molecule has 0 saturated heterocycles. The molecule has 0 aliphatic rings. The average molecular weight is 385 g/mol. The number of methoxy groups -OCH3 is 2. The number of hydrogen-bond donors (Lipinski definition) is 2. The summed E-state index contributed by atoms with van der Waals surface area (Å²) in [6.45, 7) is -0.475. The van der Waals surface area contributed by atoms with E-state index < -0.39 is 28.3 Å². The molecule has 0 spiro atoms. The van der Waals surface area contributed by atoms with Crippen molar-refractivity contribution in [1.82, 2.24) is 4.72 Å². The van der Waals surface area contributed by atoms with Crippen molar-refractivity contribution >= 4 is 39.1 Å². The van der Waals surface area contributed by atoms with E-state index in [0.29, 0.717) is 10.6 Å². The lowest BCUT2D eigenvalue weighted by Gasteiger charge is -2.32. The summed E-state index contributed by atoms with van der Waals surface area (Å²) >= 11 is 12.0. The molecule has 0 aliphatic heterocycles. The highest BCUT2D eigenvalue weighted by atomic mass is 35.5. The van der Waals surface area contributed by atoms with Crippen LogP contribution >= 0.6 is 23.2 Å². The lowest BCUT2D eigenvalue weighted by Crippen LogP contribution is -2.38. The Morgan fingerprint density at radius 2 is 1.91 bits per heavy atom. The molecule has 23 heavy (non-hydrogen) atoms. The third-order valence-electron chi connectivity index (χ3n) is 3.17. The number of carbonyl (C=O) groups excluding carboxylic acids is 1. The van der Waals surface area contributed by atoms with Gasteiger partial charge in [0.05, 0.1) is 17.3 Å². The predicted molar refractivity (Wildman–Crippen MR) is 87.8 cm³/mol. The van der Waals surface area contributed by atoms with Gasteiger partial charge in [0, 0.05) is 31.2 Å². The SMILES string of the molecule is COC(CCS(=O)(=O)NCC(N)=O)(OC)c1ccc(Cl)cc1Cl. The third-order valence-corrected chi connectivity index (χ3v) is 5.04. The number of hydrogen-bond acceptors (Lipinski definition) is 5. The number of nitrogens with one attached hydrogen (secondary N) is 1. The highest BCUT2D eigenvalue weighted by molar-refractivity contribution is 7.89. The molecule has 7 nitrogen and oxygen atoms in total. The summed E-state index contributed by atoms with van der Waals surface area (Å²) in [5.41, 5.74) is 5.36. The van der Waals surface area contributed by atoms with E-state index in [4.69, 9.17) is 38.4 Å². The summed E-state index contributed by atoms with van der Waals surface area (Å²) in [6, 6.07) is 4.70. The van der Waals surface area contributed by atoms with Gasteiger partial charge < -0.3 is 15.2 Å². The Morgan fingerprint density at radius 1 is 1.30 bits per heavy atom. The zero-order valence-electron chi connectivity index (χ0n) is 12.6. The maximum absolute atomic E-state index is 11.9. The number of ether oxygens (including phenoxy) is 2. The molecule has 0 bridgehead atoms. The number of sulfonamides is 1. The molecule has 0 aliphatic carbocycles. The van der Waals surface area contributed by atoms with Gasteiger partial charge in [0.1, 0.15) is 0 Å². The van der Waals surface area contributed by atoms with Gasteiger partial charge in [-0.15, -0.1) is 0 Å². The van der Waals surface area contributed by atoms with Crippen LogP contribution in [0.25, 0.3) is 0 Å². The van der Waals surface area contributed by atoms with E-state index in [-0.39, 0.29) is 17.2 Å². The molecular weight excluding hydrogens is 367 g/mol. The largest absolute Gasteiger partial charge is 0.369 e. The van der Waals surface area contributed by atoms with Gasteiger partial charge in [0.15, 0.2) is 5.79 Å². The van der Waals surface area contributed by atoms with Crippen LogP contribution in [0.3, 0.4) is 0 Å². The molecule has 1 rings (SSSR count). The van der Waals surface area contributed by atoms with Gasteiger partial charge in [-0.3, -0.25) is 4.79 Å². The van der Waals surface area contributed by atoms with Gasteiger partial charge in [-0.05, 0) is 12.1 Å². The molecule has 0 atom stereocenters. The molecule has 0 aromatic heterocycles. The molecule has 0 radical (unpaired) electrons. The topological polar surface area (TPSA) is 108 Å². The number of rotatable bonds is 9. The first-order valence-corrected chi connectivity index (χ1v) is 8.88. The predicted octanol–water partition coefficient (Wildman–Crippen LogP) is 1.23. The molecule has 0 saturated carbocycles.